The van der Waals surface area contributed by atoms with Crippen molar-refractivity contribution >= 4 is 5.91 Å². The molecule has 1 saturated heterocycles. The summed E-state index contributed by atoms with van der Waals surface area (Å²) in [6.07, 6.45) is 1.11. The maximum atomic E-state index is 11.5. The van der Waals surface area contributed by atoms with Crippen LogP contribution in [-0.2, 0) is 9.53 Å². The van der Waals surface area contributed by atoms with Crippen LogP contribution in [0.4, 0.5) is 0 Å². The van der Waals surface area contributed by atoms with Crippen LogP contribution >= 0.6 is 0 Å². The molecule has 0 spiro atoms. The maximum Gasteiger partial charge on any atom is 0.236 e. The minimum Gasteiger partial charge on any atom is -0.377 e. The number of nitrogens with one attached hydrogen (secondary N) is 1. The molecular formula is C9H18N2O2. The quantitative estimate of drug-likeness (QED) is 0.651. The number of hydrogen-bond donors (Lipinski definition) is 1. The highest BCUT2D eigenvalue weighted by Crippen LogP contribution is 2.04. The molecule has 76 valence electrons. The van der Waals surface area contributed by atoms with Gasteiger partial charge in [0.15, 0.2) is 0 Å². The summed E-state index contributed by atoms with van der Waals surface area (Å²) >= 11 is 0. The zero-order valence-electron chi connectivity index (χ0n) is 8.38. The Kier molecular flexibility index (Phi) is 4.18. The smallest absolute Gasteiger partial charge is 0.236 e. The molecule has 0 aliphatic carbocycles. The molecule has 1 atom stereocenters. The summed E-state index contributed by atoms with van der Waals surface area (Å²) in [7, 11) is 1.79. The molecule has 13 heavy (non-hydrogen) atoms. The van der Waals surface area contributed by atoms with Crippen LogP contribution in [0, 0.1) is 0 Å². The zero-order valence-corrected chi connectivity index (χ0v) is 8.38. The van der Waals surface area contributed by atoms with Gasteiger partial charge >= 0.3 is 0 Å². The first-order chi connectivity index (χ1) is 6.24. The van der Waals surface area contributed by atoms with E-state index < -0.39 is 0 Å². The highest BCUT2D eigenvalue weighted by Gasteiger charge is 2.18. The van der Waals surface area contributed by atoms with Gasteiger partial charge in [0, 0.05) is 19.7 Å². The van der Waals surface area contributed by atoms with Crippen molar-refractivity contribution < 1.29 is 9.53 Å². The molecule has 0 radical (unpaired) electrons. The van der Waals surface area contributed by atoms with Crippen molar-refractivity contribution in [1.82, 2.24) is 10.2 Å². The summed E-state index contributed by atoms with van der Waals surface area (Å²) in [6.45, 7) is 4.74. The van der Waals surface area contributed by atoms with Crippen molar-refractivity contribution in [2.45, 2.75) is 19.4 Å². The first-order valence-corrected chi connectivity index (χ1v) is 4.78. The lowest BCUT2D eigenvalue weighted by atomic mass is 10.3. The minimum atomic E-state index is 0.167. The van der Waals surface area contributed by atoms with Crippen LogP contribution in [0.1, 0.15) is 13.3 Å². The van der Waals surface area contributed by atoms with E-state index in [1.807, 2.05) is 11.8 Å². The van der Waals surface area contributed by atoms with Gasteiger partial charge in [-0.1, -0.05) is 0 Å². The predicted octanol–water partition coefficient (Wildman–Crippen LogP) is -0.157. The van der Waals surface area contributed by atoms with E-state index in [0.717, 1.165) is 26.1 Å². The van der Waals surface area contributed by atoms with E-state index >= 15 is 0 Å². The number of hydrogen-bond acceptors (Lipinski definition) is 3. The van der Waals surface area contributed by atoms with Crippen LogP contribution in [-0.4, -0.2) is 50.2 Å². The summed E-state index contributed by atoms with van der Waals surface area (Å²) in [5.74, 6) is 0.167. The minimum absolute atomic E-state index is 0.167. The SMILES string of the molecule is CNCC(=O)N1CCCOC(C)C1. The van der Waals surface area contributed by atoms with Crippen molar-refractivity contribution in [1.29, 1.82) is 0 Å². The molecule has 1 aliphatic rings. The molecule has 0 aromatic rings. The third-order valence-electron chi connectivity index (χ3n) is 2.13. The van der Waals surface area contributed by atoms with Crippen LogP contribution < -0.4 is 5.32 Å². The second kappa shape index (κ2) is 5.19. The Balaban J connectivity index is 2.42. The number of rotatable bonds is 2. The Hall–Kier alpha value is -0.610. The topological polar surface area (TPSA) is 41.6 Å². The molecule has 0 bridgehead atoms. The normalized spacial score (nSPS) is 24.2. The molecule has 0 saturated carbocycles. The van der Waals surface area contributed by atoms with Crippen molar-refractivity contribution in [3.8, 4) is 0 Å². The van der Waals surface area contributed by atoms with E-state index in [2.05, 4.69) is 5.32 Å². The van der Waals surface area contributed by atoms with Gasteiger partial charge in [-0.05, 0) is 20.4 Å². The number of likely N-dealkylation sites (N-methyl/N-ethyl adjacent to an activating group) is 1. The average Bonchev–Trinajstić information content (AvgIpc) is 2.30. The van der Waals surface area contributed by atoms with Crippen LogP contribution in [0.25, 0.3) is 0 Å². The summed E-state index contributed by atoms with van der Waals surface area (Å²) in [6, 6.07) is 0. The fourth-order valence-electron chi connectivity index (χ4n) is 1.48. The molecule has 1 heterocycles. The fraction of sp³-hybridized carbons (Fsp3) is 0.889. The highest BCUT2D eigenvalue weighted by atomic mass is 16.5. The van der Waals surface area contributed by atoms with Crippen molar-refractivity contribution in [3.63, 3.8) is 0 Å². The Morgan fingerprint density at radius 1 is 1.69 bits per heavy atom. The lowest BCUT2D eigenvalue weighted by molar-refractivity contribution is -0.130. The van der Waals surface area contributed by atoms with Crippen LogP contribution in [0.2, 0.25) is 0 Å². The Labute approximate surface area is 79.2 Å². The molecule has 1 unspecified atom stereocenters. The number of ether oxygens (including phenoxy) is 1. The van der Waals surface area contributed by atoms with E-state index in [1.54, 1.807) is 7.05 Å². The standard InChI is InChI=1S/C9H18N2O2/c1-8-7-11(4-3-5-13-8)9(12)6-10-2/h8,10H,3-7H2,1-2H3. The lowest BCUT2D eigenvalue weighted by Crippen LogP contribution is -2.40. The summed E-state index contributed by atoms with van der Waals surface area (Å²) in [4.78, 5) is 13.4. The molecule has 4 heteroatoms. The van der Waals surface area contributed by atoms with Gasteiger partial charge in [-0.25, -0.2) is 0 Å². The van der Waals surface area contributed by atoms with Crippen molar-refractivity contribution in [2.75, 3.05) is 33.3 Å². The largest absolute Gasteiger partial charge is 0.377 e. The second-order valence-corrected chi connectivity index (χ2v) is 3.41. The van der Waals surface area contributed by atoms with Gasteiger partial charge in [0.25, 0.3) is 0 Å². The average molecular weight is 186 g/mol. The number of carbonyl (C=O) groups excluding carboxylic acids is 1. The Morgan fingerprint density at radius 2 is 2.46 bits per heavy atom. The Bertz CT molecular complexity index is 173. The van der Waals surface area contributed by atoms with Gasteiger partial charge in [-0.15, -0.1) is 0 Å². The molecule has 0 aromatic carbocycles. The van der Waals surface area contributed by atoms with Crippen molar-refractivity contribution in [2.24, 2.45) is 0 Å². The monoisotopic (exact) mass is 186 g/mol. The third-order valence-corrected chi connectivity index (χ3v) is 2.13. The van der Waals surface area contributed by atoms with Crippen LogP contribution in [0.5, 0.6) is 0 Å². The Morgan fingerprint density at radius 3 is 3.15 bits per heavy atom. The lowest BCUT2D eigenvalue weighted by Gasteiger charge is -2.21. The van der Waals surface area contributed by atoms with E-state index in [4.69, 9.17) is 4.74 Å². The van der Waals surface area contributed by atoms with Gasteiger partial charge in [0.1, 0.15) is 0 Å². The first-order valence-electron chi connectivity index (χ1n) is 4.78. The molecule has 1 rings (SSSR count). The third kappa shape index (κ3) is 3.32. The molecule has 1 N–H and O–H groups in total. The van der Waals surface area contributed by atoms with E-state index in [9.17, 15) is 4.79 Å². The van der Waals surface area contributed by atoms with Gasteiger partial charge in [-0.2, -0.15) is 0 Å². The van der Waals surface area contributed by atoms with E-state index in [-0.39, 0.29) is 12.0 Å². The van der Waals surface area contributed by atoms with Crippen LogP contribution in [0.15, 0.2) is 0 Å². The molecular weight excluding hydrogens is 168 g/mol. The van der Waals surface area contributed by atoms with Crippen molar-refractivity contribution in [3.05, 3.63) is 0 Å². The zero-order chi connectivity index (χ0) is 9.68. The van der Waals surface area contributed by atoms with Gasteiger partial charge < -0.3 is 15.0 Å². The first kappa shape index (κ1) is 10.5. The predicted molar refractivity (Wildman–Crippen MR) is 50.5 cm³/mol. The number of carbonyl (C=O) groups is 1. The van der Waals surface area contributed by atoms with Crippen LogP contribution in [0.3, 0.4) is 0 Å². The molecule has 4 nitrogen and oxygen atoms in total. The molecule has 1 aliphatic heterocycles. The van der Waals surface area contributed by atoms with Gasteiger partial charge in [0.05, 0.1) is 12.6 Å². The number of amides is 1. The maximum absolute atomic E-state index is 11.5. The number of nitrogens with zero attached hydrogens (tertiary/aromatic N) is 1. The van der Waals surface area contributed by atoms with E-state index in [0.29, 0.717) is 6.54 Å². The van der Waals surface area contributed by atoms with Gasteiger partial charge in [0.2, 0.25) is 5.91 Å². The fourth-order valence-corrected chi connectivity index (χ4v) is 1.48. The summed E-state index contributed by atoms with van der Waals surface area (Å²) in [5, 5.41) is 2.87. The highest BCUT2D eigenvalue weighted by molar-refractivity contribution is 5.78. The van der Waals surface area contributed by atoms with E-state index in [1.165, 1.54) is 0 Å². The summed E-state index contributed by atoms with van der Waals surface area (Å²) in [5.41, 5.74) is 0. The molecule has 1 fully saturated rings. The van der Waals surface area contributed by atoms with Gasteiger partial charge in [-0.3, -0.25) is 4.79 Å². The molecule has 0 aromatic heterocycles. The second-order valence-electron chi connectivity index (χ2n) is 3.41. The molecule has 1 amide bonds. The summed E-state index contributed by atoms with van der Waals surface area (Å²) < 4.78 is 5.45.